The zero-order chi connectivity index (χ0) is 16.5. The van der Waals surface area contributed by atoms with Crippen LogP contribution in [0.4, 0.5) is 5.82 Å². The first kappa shape index (κ1) is 15.3. The van der Waals surface area contributed by atoms with Gasteiger partial charge in [0.2, 0.25) is 0 Å². The molecule has 1 aromatic carbocycles. The van der Waals surface area contributed by atoms with Crippen LogP contribution in [0, 0.1) is 0 Å². The average molecular weight is 322 g/mol. The van der Waals surface area contributed by atoms with E-state index in [-0.39, 0.29) is 5.78 Å². The first-order valence-corrected chi connectivity index (χ1v) is 8.65. The summed E-state index contributed by atoms with van der Waals surface area (Å²) in [4.78, 5) is 16.5. The molecule has 3 aliphatic heterocycles. The van der Waals surface area contributed by atoms with Gasteiger partial charge in [0.05, 0.1) is 5.69 Å². The Morgan fingerprint density at radius 3 is 2.58 bits per heavy atom. The molecular formula is C19H22N4O. The molecule has 4 heterocycles. The number of ketones is 1. The Morgan fingerprint density at radius 2 is 1.88 bits per heavy atom. The van der Waals surface area contributed by atoms with E-state index in [1.54, 1.807) is 6.92 Å². The summed E-state index contributed by atoms with van der Waals surface area (Å²) in [6.45, 7) is 6.12. The summed E-state index contributed by atoms with van der Waals surface area (Å²) in [6.07, 6.45) is 2.42. The second kappa shape index (κ2) is 6.32. The summed E-state index contributed by atoms with van der Waals surface area (Å²) in [5, 5.41) is 8.91. The Balaban J connectivity index is 1.58. The molecule has 24 heavy (non-hydrogen) atoms. The molecule has 0 N–H and O–H groups in total. The van der Waals surface area contributed by atoms with Gasteiger partial charge < -0.3 is 9.80 Å². The molecule has 1 aromatic heterocycles. The molecule has 2 aromatic rings. The highest BCUT2D eigenvalue weighted by Gasteiger charge is 2.29. The Bertz CT molecular complexity index is 735. The number of benzene rings is 1. The normalized spacial score (nSPS) is 23.1. The second-order valence-electron chi connectivity index (χ2n) is 6.68. The van der Waals surface area contributed by atoms with E-state index in [9.17, 15) is 4.79 Å². The van der Waals surface area contributed by atoms with E-state index < -0.39 is 0 Å². The van der Waals surface area contributed by atoms with Gasteiger partial charge in [0, 0.05) is 43.3 Å². The predicted octanol–water partition coefficient (Wildman–Crippen LogP) is 2.63. The van der Waals surface area contributed by atoms with Crippen molar-refractivity contribution in [1.29, 1.82) is 0 Å². The third-order valence-electron chi connectivity index (χ3n) is 5.16. The molecule has 5 nitrogen and oxygen atoms in total. The number of aromatic nitrogens is 2. The minimum absolute atomic E-state index is 0.0665. The minimum Gasteiger partial charge on any atom is -0.351 e. The maximum atomic E-state index is 11.5. The maximum absolute atomic E-state index is 11.5. The molecule has 3 saturated heterocycles. The van der Waals surface area contributed by atoms with Crippen LogP contribution in [0.1, 0.15) is 30.1 Å². The SMILES string of the molecule is CC(=O)c1cccc(-c2ccc(N3CCN4CCC3CC4)nn2)c1. The number of carbonyl (C=O) groups excluding carboxylic acids is 1. The number of rotatable bonds is 3. The number of fused-ring (bicyclic) bond motifs is 4. The van der Waals surface area contributed by atoms with Crippen LogP contribution < -0.4 is 4.90 Å². The van der Waals surface area contributed by atoms with Crippen LogP contribution in [-0.4, -0.2) is 53.1 Å². The lowest BCUT2D eigenvalue weighted by atomic mass is 10.0. The van der Waals surface area contributed by atoms with Crippen molar-refractivity contribution in [3.05, 3.63) is 42.0 Å². The van der Waals surface area contributed by atoms with Crippen molar-refractivity contribution < 1.29 is 4.79 Å². The summed E-state index contributed by atoms with van der Waals surface area (Å²) in [5.41, 5.74) is 2.45. The topological polar surface area (TPSA) is 49.3 Å². The van der Waals surface area contributed by atoms with Crippen molar-refractivity contribution in [2.24, 2.45) is 0 Å². The van der Waals surface area contributed by atoms with Gasteiger partial charge in [-0.15, -0.1) is 10.2 Å². The van der Waals surface area contributed by atoms with Crippen LogP contribution in [-0.2, 0) is 0 Å². The maximum Gasteiger partial charge on any atom is 0.159 e. The molecule has 5 heteroatoms. The van der Waals surface area contributed by atoms with Gasteiger partial charge in [0.25, 0.3) is 0 Å². The standard InChI is InChI=1S/C19H22N4O/c1-14(24)15-3-2-4-16(13-15)18-5-6-19(21-20-18)23-12-11-22-9-7-17(23)8-10-22/h2-6,13,17H,7-12H2,1H3. The molecule has 0 amide bonds. The van der Waals surface area contributed by atoms with Crippen molar-refractivity contribution >= 4 is 11.6 Å². The van der Waals surface area contributed by atoms with E-state index in [1.807, 2.05) is 30.3 Å². The largest absolute Gasteiger partial charge is 0.351 e. The number of carbonyl (C=O) groups is 1. The Labute approximate surface area is 142 Å². The highest BCUT2D eigenvalue weighted by Crippen LogP contribution is 2.26. The Hall–Kier alpha value is -2.27. The lowest BCUT2D eigenvalue weighted by Gasteiger charge is -2.31. The smallest absolute Gasteiger partial charge is 0.159 e. The fourth-order valence-electron chi connectivity index (χ4n) is 3.72. The average Bonchev–Trinajstić information content (AvgIpc) is 2.96. The molecule has 124 valence electrons. The zero-order valence-corrected chi connectivity index (χ0v) is 14.0. The molecule has 0 unspecified atom stereocenters. The third-order valence-corrected chi connectivity index (χ3v) is 5.16. The fraction of sp³-hybridized carbons (Fsp3) is 0.421. The number of piperidine rings is 1. The summed E-state index contributed by atoms with van der Waals surface area (Å²) >= 11 is 0. The van der Waals surface area contributed by atoms with Crippen molar-refractivity contribution in [2.75, 3.05) is 31.1 Å². The van der Waals surface area contributed by atoms with Gasteiger partial charge in [-0.1, -0.05) is 18.2 Å². The van der Waals surface area contributed by atoms with Crippen LogP contribution in [0.2, 0.25) is 0 Å². The van der Waals surface area contributed by atoms with Crippen LogP contribution in [0.25, 0.3) is 11.3 Å². The third kappa shape index (κ3) is 2.91. The molecule has 3 fully saturated rings. The van der Waals surface area contributed by atoms with Crippen molar-refractivity contribution in [1.82, 2.24) is 15.1 Å². The summed E-state index contributed by atoms with van der Waals surface area (Å²) in [5.74, 6) is 1.03. The highest BCUT2D eigenvalue weighted by atomic mass is 16.1. The molecule has 0 radical (unpaired) electrons. The van der Waals surface area contributed by atoms with E-state index >= 15 is 0 Å². The van der Waals surface area contributed by atoms with Gasteiger partial charge in [-0.25, -0.2) is 0 Å². The number of hydrogen-bond acceptors (Lipinski definition) is 5. The van der Waals surface area contributed by atoms with E-state index in [0.29, 0.717) is 11.6 Å². The van der Waals surface area contributed by atoms with E-state index in [4.69, 9.17) is 0 Å². The summed E-state index contributed by atoms with van der Waals surface area (Å²) < 4.78 is 0. The lowest BCUT2D eigenvalue weighted by molar-refractivity contribution is 0.101. The summed E-state index contributed by atoms with van der Waals surface area (Å²) in [7, 11) is 0. The number of hydrogen-bond donors (Lipinski definition) is 0. The minimum atomic E-state index is 0.0665. The predicted molar refractivity (Wildman–Crippen MR) is 94.3 cm³/mol. The summed E-state index contributed by atoms with van der Waals surface area (Å²) in [6, 6.07) is 12.2. The van der Waals surface area contributed by atoms with Crippen LogP contribution in [0.5, 0.6) is 0 Å². The molecular weight excluding hydrogens is 300 g/mol. The zero-order valence-electron chi connectivity index (χ0n) is 14.0. The van der Waals surface area contributed by atoms with E-state index in [2.05, 4.69) is 26.1 Å². The Morgan fingerprint density at radius 1 is 1.04 bits per heavy atom. The van der Waals surface area contributed by atoms with Crippen LogP contribution in [0.15, 0.2) is 36.4 Å². The monoisotopic (exact) mass is 322 g/mol. The number of anilines is 1. The molecule has 3 aliphatic rings. The van der Waals surface area contributed by atoms with Gasteiger partial charge >= 0.3 is 0 Å². The molecule has 0 aliphatic carbocycles. The van der Waals surface area contributed by atoms with Gasteiger partial charge in [0.1, 0.15) is 0 Å². The number of Topliss-reactive ketones (excluding diaryl/α,β-unsaturated/α-hetero) is 1. The van der Waals surface area contributed by atoms with Crippen LogP contribution >= 0.6 is 0 Å². The molecule has 0 saturated carbocycles. The van der Waals surface area contributed by atoms with E-state index in [1.165, 1.54) is 25.9 Å². The van der Waals surface area contributed by atoms with Crippen molar-refractivity contribution in [3.63, 3.8) is 0 Å². The van der Waals surface area contributed by atoms with Crippen molar-refractivity contribution in [2.45, 2.75) is 25.8 Å². The van der Waals surface area contributed by atoms with Crippen molar-refractivity contribution in [3.8, 4) is 11.3 Å². The first-order valence-electron chi connectivity index (χ1n) is 8.65. The Kier molecular flexibility index (Phi) is 4.02. The first-order chi connectivity index (χ1) is 11.7. The van der Waals surface area contributed by atoms with Crippen LogP contribution in [0.3, 0.4) is 0 Å². The number of nitrogens with zero attached hydrogens (tertiary/aromatic N) is 4. The second-order valence-corrected chi connectivity index (χ2v) is 6.68. The van der Waals surface area contributed by atoms with Gasteiger partial charge in [0.15, 0.2) is 11.6 Å². The van der Waals surface area contributed by atoms with Gasteiger partial charge in [-0.05, 0) is 38.0 Å². The van der Waals surface area contributed by atoms with Gasteiger partial charge in [-0.2, -0.15) is 0 Å². The van der Waals surface area contributed by atoms with E-state index in [0.717, 1.165) is 30.2 Å². The molecule has 0 atom stereocenters. The highest BCUT2D eigenvalue weighted by molar-refractivity contribution is 5.95. The lowest BCUT2D eigenvalue weighted by Crippen LogP contribution is -2.38. The fourth-order valence-corrected chi connectivity index (χ4v) is 3.72. The molecule has 5 rings (SSSR count). The molecule has 0 spiro atoms. The molecule has 2 bridgehead atoms. The van der Waals surface area contributed by atoms with Gasteiger partial charge in [-0.3, -0.25) is 4.79 Å². The quantitative estimate of drug-likeness (QED) is 0.813.